The van der Waals surface area contributed by atoms with Crippen LogP contribution in [0.15, 0.2) is 24.3 Å². The fraction of sp³-hybridized carbons (Fsp3) is 0.650. The Morgan fingerprint density at radius 1 is 1.14 bits per heavy atom. The highest BCUT2D eigenvalue weighted by Crippen LogP contribution is 2.32. The third-order valence-electron chi connectivity index (χ3n) is 5.98. The molecule has 28 heavy (non-hydrogen) atoms. The van der Waals surface area contributed by atoms with Crippen molar-refractivity contribution < 1.29 is 17.9 Å². The summed E-state index contributed by atoms with van der Waals surface area (Å²) in [6, 6.07) is 8.18. The lowest BCUT2D eigenvalue weighted by atomic mass is 10.2. The largest absolute Gasteiger partial charge is 0.497 e. The highest BCUT2D eigenvalue weighted by Gasteiger charge is 2.42. The van der Waals surface area contributed by atoms with Crippen LogP contribution in [0.2, 0.25) is 0 Å². The zero-order valence-corrected chi connectivity index (χ0v) is 17.2. The van der Waals surface area contributed by atoms with Gasteiger partial charge in [-0.25, -0.2) is 8.42 Å². The van der Waals surface area contributed by atoms with Crippen LogP contribution in [-0.2, 0) is 14.6 Å². The molecule has 0 bridgehead atoms. The first-order valence-electron chi connectivity index (χ1n) is 10.1. The number of sulfone groups is 1. The van der Waals surface area contributed by atoms with Gasteiger partial charge >= 0.3 is 0 Å². The van der Waals surface area contributed by atoms with E-state index in [1.807, 2.05) is 23.1 Å². The number of amides is 1. The number of methoxy groups -OCH3 is 1. The van der Waals surface area contributed by atoms with Gasteiger partial charge in [-0.3, -0.25) is 9.69 Å². The predicted molar refractivity (Wildman–Crippen MR) is 109 cm³/mol. The number of benzene rings is 1. The van der Waals surface area contributed by atoms with E-state index in [1.54, 1.807) is 7.11 Å². The number of carbonyl (C=O) groups is 1. The molecule has 2 saturated heterocycles. The first-order chi connectivity index (χ1) is 13.4. The van der Waals surface area contributed by atoms with Crippen LogP contribution in [0.5, 0.6) is 5.75 Å². The van der Waals surface area contributed by atoms with Gasteiger partial charge in [-0.2, -0.15) is 0 Å². The molecule has 7 nitrogen and oxygen atoms in total. The molecule has 0 spiro atoms. The summed E-state index contributed by atoms with van der Waals surface area (Å²) in [7, 11) is -1.31. The van der Waals surface area contributed by atoms with E-state index in [2.05, 4.69) is 15.9 Å². The van der Waals surface area contributed by atoms with Crippen molar-refractivity contribution in [2.75, 3.05) is 56.2 Å². The minimum Gasteiger partial charge on any atom is -0.497 e. The van der Waals surface area contributed by atoms with Crippen LogP contribution in [0.4, 0.5) is 5.69 Å². The van der Waals surface area contributed by atoms with E-state index in [9.17, 15) is 13.2 Å². The summed E-state index contributed by atoms with van der Waals surface area (Å²) >= 11 is 0. The van der Waals surface area contributed by atoms with Gasteiger partial charge in [0.15, 0.2) is 9.84 Å². The van der Waals surface area contributed by atoms with Crippen molar-refractivity contribution in [3.05, 3.63) is 24.3 Å². The van der Waals surface area contributed by atoms with Crippen molar-refractivity contribution in [1.29, 1.82) is 0 Å². The number of hydrogen-bond acceptors (Lipinski definition) is 6. The van der Waals surface area contributed by atoms with Crippen molar-refractivity contribution in [2.45, 2.75) is 31.3 Å². The van der Waals surface area contributed by atoms with E-state index in [0.717, 1.165) is 50.5 Å². The predicted octanol–water partition coefficient (Wildman–Crippen LogP) is 0.995. The standard InChI is InChI=1S/C20H29N3O4S/c1-27-19-4-2-3-17(13-19)22-10-8-21(9-11-22)14-20(24)23(16-5-6-16)18-7-12-28(25,26)15-18/h2-4,13,16,18H,5-12,14-15H2,1H3/t18-/m1/s1. The molecular weight excluding hydrogens is 378 g/mol. The number of hydrogen-bond donors (Lipinski definition) is 0. The first kappa shape index (κ1) is 19.5. The lowest BCUT2D eigenvalue weighted by molar-refractivity contribution is -0.135. The average Bonchev–Trinajstić information content (AvgIpc) is 3.45. The normalized spacial score (nSPS) is 24.9. The second kappa shape index (κ2) is 7.91. The second-order valence-corrected chi connectivity index (χ2v) is 10.3. The van der Waals surface area contributed by atoms with E-state index in [0.29, 0.717) is 13.0 Å². The van der Waals surface area contributed by atoms with Crippen LogP contribution < -0.4 is 9.64 Å². The Kier molecular flexibility index (Phi) is 5.51. The van der Waals surface area contributed by atoms with Crippen molar-refractivity contribution in [2.24, 2.45) is 0 Å². The number of anilines is 1. The molecule has 4 rings (SSSR count). The molecule has 1 aliphatic carbocycles. The van der Waals surface area contributed by atoms with Gasteiger partial charge in [0.05, 0.1) is 25.2 Å². The Hall–Kier alpha value is -1.80. The Labute approximate surface area is 167 Å². The molecule has 1 aromatic rings. The van der Waals surface area contributed by atoms with E-state index in [1.165, 1.54) is 0 Å². The maximum absolute atomic E-state index is 13.0. The quantitative estimate of drug-likeness (QED) is 0.701. The molecule has 8 heteroatoms. The zero-order valence-electron chi connectivity index (χ0n) is 16.4. The molecule has 0 unspecified atom stereocenters. The van der Waals surface area contributed by atoms with Gasteiger partial charge in [0.25, 0.3) is 0 Å². The fourth-order valence-electron chi connectivity index (χ4n) is 4.30. The van der Waals surface area contributed by atoms with Crippen molar-refractivity contribution in [3.63, 3.8) is 0 Å². The molecule has 2 heterocycles. The van der Waals surface area contributed by atoms with Crippen molar-refractivity contribution in [1.82, 2.24) is 9.80 Å². The highest BCUT2D eigenvalue weighted by molar-refractivity contribution is 7.91. The molecular formula is C20H29N3O4S. The number of nitrogens with zero attached hydrogens (tertiary/aromatic N) is 3. The summed E-state index contributed by atoms with van der Waals surface area (Å²) in [6.07, 6.45) is 2.60. The van der Waals surface area contributed by atoms with Crippen molar-refractivity contribution >= 4 is 21.4 Å². The van der Waals surface area contributed by atoms with Gasteiger partial charge in [0, 0.05) is 50.0 Å². The molecule has 1 atom stereocenters. The second-order valence-electron chi connectivity index (χ2n) is 8.05. The average molecular weight is 408 g/mol. The van der Waals surface area contributed by atoms with E-state index in [-0.39, 0.29) is 29.5 Å². The number of carbonyl (C=O) groups excluding carboxylic acids is 1. The summed E-state index contributed by atoms with van der Waals surface area (Å²) < 4.78 is 29.0. The maximum Gasteiger partial charge on any atom is 0.237 e. The van der Waals surface area contributed by atoms with E-state index >= 15 is 0 Å². The Balaban J connectivity index is 1.33. The van der Waals surface area contributed by atoms with Gasteiger partial charge in [0.1, 0.15) is 5.75 Å². The number of piperazine rings is 1. The van der Waals surface area contributed by atoms with E-state index in [4.69, 9.17) is 4.74 Å². The molecule has 0 radical (unpaired) electrons. The van der Waals surface area contributed by atoms with Crippen LogP contribution >= 0.6 is 0 Å². The minimum absolute atomic E-state index is 0.0967. The Morgan fingerprint density at radius 3 is 2.50 bits per heavy atom. The SMILES string of the molecule is COc1cccc(N2CCN(CC(=O)N(C3CC3)[C@@H]3CCS(=O)(=O)C3)CC2)c1. The minimum atomic E-state index is -2.98. The molecule has 0 aromatic heterocycles. The lowest BCUT2D eigenvalue weighted by Crippen LogP contribution is -2.52. The number of rotatable bonds is 6. The van der Waals surface area contributed by atoms with Gasteiger partial charge in [-0.15, -0.1) is 0 Å². The zero-order chi connectivity index (χ0) is 19.7. The van der Waals surface area contributed by atoms with Gasteiger partial charge < -0.3 is 14.5 Å². The Bertz CT molecular complexity index is 816. The molecule has 2 aliphatic heterocycles. The third kappa shape index (κ3) is 4.43. The van der Waals surface area contributed by atoms with Crippen LogP contribution in [0.3, 0.4) is 0 Å². The lowest BCUT2D eigenvalue weighted by Gasteiger charge is -2.37. The highest BCUT2D eigenvalue weighted by atomic mass is 32.2. The van der Waals surface area contributed by atoms with Crippen LogP contribution in [-0.4, -0.2) is 87.5 Å². The monoisotopic (exact) mass is 407 g/mol. The van der Waals surface area contributed by atoms with Crippen LogP contribution in [0.1, 0.15) is 19.3 Å². The molecule has 1 aromatic carbocycles. The molecule has 154 valence electrons. The first-order valence-corrected chi connectivity index (χ1v) is 11.9. The summed E-state index contributed by atoms with van der Waals surface area (Å²) in [6.45, 7) is 3.76. The molecule has 0 N–H and O–H groups in total. The molecule has 1 saturated carbocycles. The topological polar surface area (TPSA) is 70.2 Å². The summed E-state index contributed by atoms with van der Waals surface area (Å²) in [5.74, 6) is 1.30. The summed E-state index contributed by atoms with van der Waals surface area (Å²) in [5, 5.41) is 0. The number of ether oxygens (including phenoxy) is 1. The van der Waals surface area contributed by atoms with Crippen LogP contribution in [0, 0.1) is 0 Å². The maximum atomic E-state index is 13.0. The molecule has 3 fully saturated rings. The van der Waals surface area contributed by atoms with E-state index < -0.39 is 9.84 Å². The summed E-state index contributed by atoms with van der Waals surface area (Å²) in [4.78, 5) is 19.4. The Morgan fingerprint density at radius 2 is 1.89 bits per heavy atom. The van der Waals surface area contributed by atoms with Crippen molar-refractivity contribution in [3.8, 4) is 5.75 Å². The third-order valence-corrected chi connectivity index (χ3v) is 7.73. The fourth-order valence-corrected chi connectivity index (χ4v) is 6.01. The smallest absolute Gasteiger partial charge is 0.237 e. The van der Waals surface area contributed by atoms with Gasteiger partial charge in [0.2, 0.25) is 5.91 Å². The molecule has 1 amide bonds. The molecule has 3 aliphatic rings. The summed E-state index contributed by atoms with van der Waals surface area (Å²) in [5.41, 5.74) is 1.14. The van der Waals surface area contributed by atoms with Gasteiger partial charge in [-0.1, -0.05) is 6.07 Å². The van der Waals surface area contributed by atoms with Crippen LogP contribution in [0.25, 0.3) is 0 Å². The van der Waals surface area contributed by atoms with Gasteiger partial charge in [-0.05, 0) is 31.4 Å².